The first-order valence-corrected chi connectivity index (χ1v) is 6.59. The Hall–Kier alpha value is -1.82. The van der Waals surface area contributed by atoms with E-state index in [2.05, 4.69) is 26.7 Å². The minimum Gasteiger partial charge on any atom is -0.369 e. The van der Waals surface area contributed by atoms with Gasteiger partial charge in [-0.1, -0.05) is 6.92 Å². The summed E-state index contributed by atoms with van der Waals surface area (Å²) in [4.78, 5) is 11.4. The molecular formula is C13H18FN5. The molecule has 0 bridgehead atoms. The molecule has 19 heavy (non-hydrogen) atoms. The molecule has 0 radical (unpaired) electrons. The number of imidazole rings is 1. The van der Waals surface area contributed by atoms with E-state index in [1.807, 2.05) is 0 Å². The first kappa shape index (κ1) is 12.2. The fraction of sp³-hybridized carbons (Fsp3) is 0.462. The number of anilines is 2. The molecule has 1 aliphatic heterocycles. The summed E-state index contributed by atoms with van der Waals surface area (Å²) in [5, 5.41) is 0. The van der Waals surface area contributed by atoms with Gasteiger partial charge in [-0.05, 0) is 12.6 Å². The fourth-order valence-corrected chi connectivity index (χ4v) is 2.59. The molecule has 1 aliphatic rings. The van der Waals surface area contributed by atoms with E-state index in [0.717, 1.165) is 32.7 Å². The number of fused-ring (bicyclic) bond motifs is 1. The topological polar surface area (TPSA) is 61.2 Å². The number of aromatic amines is 1. The Kier molecular flexibility index (Phi) is 3.02. The monoisotopic (exact) mass is 263 g/mol. The Bertz CT molecular complexity index is 586. The quantitative estimate of drug-likeness (QED) is 0.860. The van der Waals surface area contributed by atoms with Gasteiger partial charge in [-0.2, -0.15) is 0 Å². The van der Waals surface area contributed by atoms with Crippen LogP contribution < -0.4 is 10.6 Å². The molecule has 3 rings (SSSR count). The molecule has 3 N–H and O–H groups in total. The number of rotatable bonds is 2. The van der Waals surface area contributed by atoms with Crippen LogP contribution in [0.4, 0.5) is 16.0 Å². The first-order valence-electron chi connectivity index (χ1n) is 6.59. The Morgan fingerprint density at radius 2 is 2.05 bits per heavy atom. The van der Waals surface area contributed by atoms with Crippen molar-refractivity contribution in [2.24, 2.45) is 0 Å². The number of piperazine rings is 1. The van der Waals surface area contributed by atoms with Gasteiger partial charge in [-0.15, -0.1) is 0 Å². The van der Waals surface area contributed by atoms with Crippen LogP contribution >= 0.6 is 0 Å². The summed E-state index contributed by atoms with van der Waals surface area (Å²) in [7, 11) is 0. The van der Waals surface area contributed by atoms with Gasteiger partial charge in [-0.25, -0.2) is 9.37 Å². The Morgan fingerprint density at radius 1 is 1.32 bits per heavy atom. The van der Waals surface area contributed by atoms with Crippen LogP contribution in [0.2, 0.25) is 0 Å². The molecule has 0 amide bonds. The average Bonchev–Trinajstić information content (AvgIpc) is 2.77. The second-order valence-electron chi connectivity index (χ2n) is 4.86. The predicted octanol–water partition coefficient (Wildman–Crippen LogP) is 1.43. The van der Waals surface area contributed by atoms with Crippen LogP contribution in [0.3, 0.4) is 0 Å². The van der Waals surface area contributed by atoms with Crippen molar-refractivity contribution in [3.8, 4) is 0 Å². The molecule has 0 saturated carbocycles. The maximum atomic E-state index is 14.1. The molecule has 1 aromatic carbocycles. The highest BCUT2D eigenvalue weighted by molar-refractivity contribution is 5.81. The van der Waals surface area contributed by atoms with Crippen molar-refractivity contribution in [1.82, 2.24) is 14.9 Å². The molecule has 1 aromatic heterocycles. The zero-order chi connectivity index (χ0) is 13.4. The molecule has 0 atom stereocenters. The van der Waals surface area contributed by atoms with Gasteiger partial charge in [0.25, 0.3) is 0 Å². The highest BCUT2D eigenvalue weighted by Gasteiger charge is 2.19. The molecule has 2 heterocycles. The second kappa shape index (κ2) is 4.70. The summed E-state index contributed by atoms with van der Waals surface area (Å²) in [5.74, 6) is 0.100. The highest BCUT2D eigenvalue weighted by Crippen LogP contribution is 2.26. The Balaban J connectivity index is 1.90. The molecule has 0 unspecified atom stereocenters. The number of hydrogen-bond donors (Lipinski definition) is 2. The lowest BCUT2D eigenvalue weighted by Crippen LogP contribution is -2.46. The van der Waals surface area contributed by atoms with Crippen LogP contribution in [0, 0.1) is 5.82 Å². The molecule has 102 valence electrons. The standard InChI is InChI=1S/C13H18FN5/c1-2-18-3-5-19(6-4-18)12-8-11-10(7-9(12)14)16-13(15)17-11/h7-8H,2-6H2,1H3,(H3,15,16,17). The number of nitrogens with zero attached hydrogens (tertiary/aromatic N) is 3. The lowest BCUT2D eigenvalue weighted by Gasteiger charge is -2.35. The number of halogens is 1. The number of nitrogen functional groups attached to an aromatic ring is 1. The normalized spacial score (nSPS) is 17.3. The third-order valence-corrected chi connectivity index (χ3v) is 3.73. The lowest BCUT2D eigenvalue weighted by atomic mass is 10.2. The fourth-order valence-electron chi connectivity index (χ4n) is 2.59. The average molecular weight is 263 g/mol. The SMILES string of the molecule is CCN1CCN(c2cc3nc(N)[nH]c3cc2F)CC1. The van der Waals surface area contributed by atoms with E-state index in [-0.39, 0.29) is 5.82 Å². The van der Waals surface area contributed by atoms with Crippen LogP contribution in [0.15, 0.2) is 12.1 Å². The number of benzene rings is 1. The van der Waals surface area contributed by atoms with Crippen molar-refractivity contribution in [3.05, 3.63) is 17.9 Å². The lowest BCUT2D eigenvalue weighted by molar-refractivity contribution is 0.270. The minimum absolute atomic E-state index is 0.221. The van der Waals surface area contributed by atoms with Crippen LogP contribution in [0.25, 0.3) is 11.0 Å². The summed E-state index contributed by atoms with van der Waals surface area (Å²) in [5.41, 5.74) is 7.58. The van der Waals surface area contributed by atoms with Crippen LogP contribution in [0.5, 0.6) is 0 Å². The maximum absolute atomic E-state index is 14.1. The number of H-pyrrole nitrogens is 1. The van der Waals surface area contributed by atoms with Crippen molar-refractivity contribution in [2.75, 3.05) is 43.4 Å². The predicted molar refractivity (Wildman–Crippen MR) is 74.8 cm³/mol. The first-order chi connectivity index (χ1) is 9.17. The summed E-state index contributed by atoms with van der Waals surface area (Å²) in [6.07, 6.45) is 0. The smallest absolute Gasteiger partial charge is 0.198 e. The minimum atomic E-state index is -0.221. The van der Waals surface area contributed by atoms with Crippen molar-refractivity contribution >= 4 is 22.7 Å². The number of nitrogens with two attached hydrogens (primary N) is 1. The summed E-state index contributed by atoms with van der Waals surface area (Å²) >= 11 is 0. The Labute approximate surface area is 111 Å². The van der Waals surface area contributed by atoms with Gasteiger partial charge in [0.15, 0.2) is 5.95 Å². The third kappa shape index (κ3) is 2.23. The molecule has 1 fully saturated rings. The number of nitrogens with one attached hydrogen (secondary N) is 1. The van der Waals surface area contributed by atoms with E-state index < -0.39 is 0 Å². The van der Waals surface area contributed by atoms with Gasteiger partial charge in [0.2, 0.25) is 0 Å². The van der Waals surface area contributed by atoms with Gasteiger partial charge < -0.3 is 20.5 Å². The van der Waals surface area contributed by atoms with E-state index in [0.29, 0.717) is 22.7 Å². The zero-order valence-corrected chi connectivity index (χ0v) is 11.0. The summed E-state index contributed by atoms with van der Waals surface area (Å²) in [6, 6.07) is 3.25. The van der Waals surface area contributed by atoms with Gasteiger partial charge in [0.05, 0.1) is 16.7 Å². The zero-order valence-electron chi connectivity index (χ0n) is 11.0. The number of likely N-dealkylation sites (N-methyl/N-ethyl adjacent to an activating group) is 1. The van der Waals surface area contributed by atoms with Gasteiger partial charge in [-0.3, -0.25) is 0 Å². The van der Waals surface area contributed by atoms with E-state index in [4.69, 9.17) is 5.73 Å². The van der Waals surface area contributed by atoms with E-state index >= 15 is 0 Å². The van der Waals surface area contributed by atoms with Crippen molar-refractivity contribution in [2.45, 2.75) is 6.92 Å². The molecular weight excluding hydrogens is 245 g/mol. The van der Waals surface area contributed by atoms with Gasteiger partial charge in [0.1, 0.15) is 5.82 Å². The summed E-state index contributed by atoms with van der Waals surface area (Å²) in [6.45, 7) is 6.82. The highest BCUT2D eigenvalue weighted by atomic mass is 19.1. The van der Waals surface area contributed by atoms with Crippen LogP contribution in [-0.2, 0) is 0 Å². The number of aromatic nitrogens is 2. The number of hydrogen-bond acceptors (Lipinski definition) is 4. The van der Waals surface area contributed by atoms with Crippen molar-refractivity contribution < 1.29 is 4.39 Å². The van der Waals surface area contributed by atoms with E-state index in [9.17, 15) is 4.39 Å². The molecule has 6 heteroatoms. The molecule has 0 spiro atoms. The van der Waals surface area contributed by atoms with Crippen LogP contribution in [0.1, 0.15) is 6.92 Å². The van der Waals surface area contributed by atoms with Crippen molar-refractivity contribution in [1.29, 1.82) is 0 Å². The molecule has 0 aliphatic carbocycles. The maximum Gasteiger partial charge on any atom is 0.198 e. The molecule has 1 saturated heterocycles. The van der Waals surface area contributed by atoms with Crippen LogP contribution in [-0.4, -0.2) is 47.6 Å². The van der Waals surface area contributed by atoms with Gasteiger partial charge >= 0.3 is 0 Å². The summed E-state index contributed by atoms with van der Waals surface area (Å²) < 4.78 is 14.1. The van der Waals surface area contributed by atoms with E-state index in [1.54, 1.807) is 6.07 Å². The third-order valence-electron chi connectivity index (χ3n) is 3.73. The van der Waals surface area contributed by atoms with E-state index in [1.165, 1.54) is 6.07 Å². The van der Waals surface area contributed by atoms with Crippen molar-refractivity contribution in [3.63, 3.8) is 0 Å². The molecule has 5 nitrogen and oxygen atoms in total. The second-order valence-corrected chi connectivity index (χ2v) is 4.86. The molecule has 2 aromatic rings. The Morgan fingerprint density at radius 3 is 2.74 bits per heavy atom. The van der Waals surface area contributed by atoms with Gasteiger partial charge in [0, 0.05) is 32.2 Å². The largest absolute Gasteiger partial charge is 0.369 e.